The van der Waals surface area contributed by atoms with Crippen LogP contribution in [0.3, 0.4) is 0 Å². The van der Waals surface area contributed by atoms with Crippen molar-refractivity contribution in [2.24, 2.45) is 4.99 Å². The molecule has 7 heteroatoms. The zero-order valence-corrected chi connectivity index (χ0v) is 17.6. The number of nitrogens with zero attached hydrogens (tertiary/aromatic N) is 2. The molecule has 0 aliphatic carbocycles. The Morgan fingerprint density at radius 3 is 2.52 bits per heavy atom. The van der Waals surface area contributed by atoms with Crippen LogP contribution in [0.1, 0.15) is 32.3 Å². The molecular weight excluding hydrogens is 388 g/mol. The Labute approximate surface area is 173 Å². The molecule has 0 spiro atoms. The highest BCUT2D eigenvalue weighted by Gasteiger charge is 2.12. The van der Waals surface area contributed by atoms with Gasteiger partial charge in [-0.1, -0.05) is 49.4 Å². The Morgan fingerprint density at radius 1 is 1.10 bits per heavy atom. The van der Waals surface area contributed by atoms with Crippen LogP contribution < -0.4 is 9.54 Å². The van der Waals surface area contributed by atoms with Crippen LogP contribution in [0.4, 0.5) is 0 Å². The molecule has 29 heavy (non-hydrogen) atoms. The van der Waals surface area contributed by atoms with Crippen LogP contribution in [0.5, 0.6) is 5.75 Å². The van der Waals surface area contributed by atoms with E-state index < -0.39 is 5.91 Å². The van der Waals surface area contributed by atoms with E-state index >= 15 is 0 Å². The van der Waals surface area contributed by atoms with Gasteiger partial charge in [-0.15, -0.1) is 0 Å². The van der Waals surface area contributed by atoms with Gasteiger partial charge in [0.25, 0.3) is 5.91 Å². The average molecular weight is 413 g/mol. The van der Waals surface area contributed by atoms with E-state index in [1.165, 1.54) is 16.9 Å². The first-order chi connectivity index (χ1) is 14.0. The average Bonchev–Trinajstić information content (AvgIpc) is 3.04. The summed E-state index contributed by atoms with van der Waals surface area (Å²) in [6.45, 7) is 6.13. The van der Waals surface area contributed by atoms with Gasteiger partial charge in [0.15, 0.2) is 11.4 Å². The molecule has 1 heterocycles. The van der Waals surface area contributed by atoms with Crippen molar-refractivity contribution in [1.29, 1.82) is 0 Å². The predicted octanol–water partition coefficient (Wildman–Crippen LogP) is 3.90. The number of amides is 1. The number of rotatable bonds is 7. The highest BCUT2D eigenvalue weighted by Crippen LogP contribution is 2.19. The molecule has 0 unspecified atom stereocenters. The van der Waals surface area contributed by atoms with Crippen LogP contribution in [-0.4, -0.2) is 29.7 Å². The smallest absolute Gasteiger partial charge is 0.326 e. The molecule has 0 saturated carbocycles. The fourth-order valence-electron chi connectivity index (χ4n) is 2.83. The van der Waals surface area contributed by atoms with Gasteiger partial charge in [0.1, 0.15) is 12.3 Å². The summed E-state index contributed by atoms with van der Waals surface area (Å²) in [7, 11) is 0. The third kappa shape index (κ3) is 5.32. The number of aromatic nitrogens is 1. The molecule has 152 valence electrons. The standard InChI is InChI=1S/C22H24N2O4S/c1-4-27-21(26)13-24-18-7-5-6-8-19(18)29-22(24)23-20(25)14-28-17-11-9-16(10-12-17)15(2)3/h5-12,15H,4,13-14H2,1-3H3. The summed E-state index contributed by atoms with van der Waals surface area (Å²) in [6.07, 6.45) is 0. The first kappa shape index (κ1) is 20.8. The lowest BCUT2D eigenvalue weighted by Gasteiger charge is -2.07. The molecule has 0 bridgehead atoms. The van der Waals surface area contributed by atoms with Crippen molar-refractivity contribution < 1.29 is 19.1 Å². The summed E-state index contributed by atoms with van der Waals surface area (Å²) < 4.78 is 13.3. The van der Waals surface area contributed by atoms with Gasteiger partial charge in [0, 0.05) is 0 Å². The number of carbonyl (C=O) groups is 2. The third-order valence-corrected chi connectivity index (χ3v) is 5.37. The zero-order chi connectivity index (χ0) is 20.8. The van der Waals surface area contributed by atoms with Crippen molar-refractivity contribution in [2.45, 2.75) is 33.2 Å². The van der Waals surface area contributed by atoms with Crippen molar-refractivity contribution in [1.82, 2.24) is 4.57 Å². The van der Waals surface area contributed by atoms with Gasteiger partial charge < -0.3 is 14.0 Å². The van der Waals surface area contributed by atoms with E-state index in [-0.39, 0.29) is 19.1 Å². The number of benzene rings is 2. The van der Waals surface area contributed by atoms with Gasteiger partial charge in [-0.05, 0) is 42.7 Å². The van der Waals surface area contributed by atoms with Gasteiger partial charge in [0.2, 0.25) is 0 Å². The lowest BCUT2D eigenvalue weighted by Crippen LogP contribution is -2.24. The maximum Gasteiger partial charge on any atom is 0.326 e. The molecule has 0 fully saturated rings. The Bertz CT molecular complexity index is 1060. The minimum absolute atomic E-state index is 0.00148. The van der Waals surface area contributed by atoms with Crippen molar-refractivity contribution in [3.63, 3.8) is 0 Å². The molecule has 2 aromatic carbocycles. The van der Waals surface area contributed by atoms with E-state index in [1.54, 1.807) is 11.5 Å². The van der Waals surface area contributed by atoms with Crippen LogP contribution >= 0.6 is 11.3 Å². The Balaban J connectivity index is 1.79. The second-order valence-electron chi connectivity index (χ2n) is 6.76. The highest BCUT2D eigenvalue weighted by molar-refractivity contribution is 7.16. The van der Waals surface area contributed by atoms with Crippen LogP contribution in [0.2, 0.25) is 0 Å². The van der Waals surface area contributed by atoms with E-state index in [4.69, 9.17) is 9.47 Å². The van der Waals surface area contributed by atoms with Crippen LogP contribution in [0.25, 0.3) is 10.2 Å². The number of hydrogen-bond donors (Lipinski definition) is 0. The molecule has 0 radical (unpaired) electrons. The minimum Gasteiger partial charge on any atom is -0.484 e. The number of esters is 1. The van der Waals surface area contributed by atoms with Crippen molar-refractivity contribution in [2.75, 3.05) is 13.2 Å². The molecule has 0 aliphatic rings. The lowest BCUT2D eigenvalue weighted by molar-refractivity contribution is -0.143. The minimum atomic E-state index is -0.415. The Kier molecular flexibility index (Phi) is 6.82. The van der Waals surface area contributed by atoms with Crippen molar-refractivity contribution >= 4 is 33.4 Å². The molecule has 3 rings (SSSR count). The van der Waals surface area contributed by atoms with Gasteiger partial charge in [-0.2, -0.15) is 4.99 Å². The van der Waals surface area contributed by atoms with Crippen LogP contribution in [-0.2, 0) is 20.9 Å². The van der Waals surface area contributed by atoms with Gasteiger partial charge >= 0.3 is 5.97 Å². The molecule has 0 saturated heterocycles. The van der Waals surface area contributed by atoms with E-state index in [1.807, 2.05) is 48.5 Å². The molecule has 0 N–H and O–H groups in total. The number of thiazole rings is 1. The quantitative estimate of drug-likeness (QED) is 0.552. The van der Waals surface area contributed by atoms with E-state index in [0.717, 1.165) is 10.2 Å². The normalized spacial score (nSPS) is 11.8. The summed E-state index contributed by atoms with van der Waals surface area (Å²) in [5, 5.41) is 0. The fourth-order valence-corrected chi connectivity index (χ4v) is 3.87. The van der Waals surface area contributed by atoms with Gasteiger partial charge in [0.05, 0.1) is 16.8 Å². The molecular formula is C22H24N2O4S. The first-order valence-corrected chi connectivity index (χ1v) is 10.3. The summed E-state index contributed by atoms with van der Waals surface area (Å²) in [6, 6.07) is 15.3. The summed E-state index contributed by atoms with van der Waals surface area (Å²) in [5.74, 6) is 0.269. The number of hydrogen-bond acceptors (Lipinski definition) is 5. The predicted molar refractivity (Wildman–Crippen MR) is 113 cm³/mol. The molecule has 0 aliphatic heterocycles. The second kappa shape index (κ2) is 9.52. The molecule has 0 atom stereocenters. The SMILES string of the molecule is CCOC(=O)Cn1c(=NC(=O)COc2ccc(C(C)C)cc2)sc2ccccc21. The maximum atomic E-state index is 12.4. The second-order valence-corrected chi connectivity index (χ2v) is 7.77. The van der Waals surface area contributed by atoms with Crippen LogP contribution in [0, 0.1) is 0 Å². The molecule has 1 aromatic heterocycles. The zero-order valence-electron chi connectivity index (χ0n) is 16.8. The van der Waals surface area contributed by atoms with Crippen molar-refractivity contribution in [3.05, 3.63) is 58.9 Å². The highest BCUT2D eigenvalue weighted by atomic mass is 32.1. The summed E-state index contributed by atoms with van der Waals surface area (Å²) >= 11 is 1.35. The van der Waals surface area contributed by atoms with E-state index in [0.29, 0.717) is 23.1 Å². The lowest BCUT2D eigenvalue weighted by atomic mass is 10.0. The number of para-hydroxylation sites is 1. The number of ether oxygens (including phenoxy) is 2. The van der Waals surface area contributed by atoms with E-state index in [2.05, 4.69) is 18.8 Å². The molecule has 6 nitrogen and oxygen atoms in total. The molecule has 3 aromatic rings. The largest absolute Gasteiger partial charge is 0.484 e. The number of carbonyl (C=O) groups excluding carboxylic acids is 2. The topological polar surface area (TPSA) is 69.9 Å². The first-order valence-electron chi connectivity index (χ1n) is 9.52. The third-order valence-electron chi connectivity index (χ3n) is 4.31. The van der Waals surface area contributed by atoms with Gasteiger partial charge in [-0.25, -0.2) is 0 Å². The summed E-state index contributed by atoms with van der Waals surface area (Å²) in [4.78, 5) is 29.0. The van der Waals surface area contributed by atoms with E-state index in [9.17, 15) is 9.59 Å². The molecule has 1 amide bonds. The van der Waals surface area contributed by atoms with Gasteiger partial charge in [-0.3, -0.25) is 9.59 Å². The fraction of sp³-hybridized carbons (Fsp3) is 0.318. The maximum absolute atomic E-state index is 12.4. The Hall–Kier alpha value is -2.93. The summed E-state index contributed by atoms with van der Waals surface area (Å²) in [5.41, 5.74) is 2.04. The number of fused-ring (bicyclic) bond motifs is 1. The monoisotopic (exact) mass is 412 g/mol. The Morgan fingerprint density at radius 2 is 1.83 bits per heavy atom. The van der Waals surface area contributed by atoms with Crippen molar-refractivity contribution in [3.8, 4) is 5.75 Å². The van der Waals surface area contributed by atoms with Crippen LogP contribution in [0.15, 0.2) is 53.5 Å².